The van der Waals surface area contributed by atoms with Crippen molar-refractivity contribution in [1.82, 2.24) is 19.3 Å². The van der Waals surface area contributed by atoms with Crippen LogP contribution in [-0.2, 0) is 10.2 Å². The average Bonchev–Trinajstić information content (AvgIpc) is 2.40. The molecule has 0 radical (unpaired) electrons. The van der Waals surface area contributed by atoms with E-state index >= 15 is 0 Å². The molecule has 0 aliphatic heterocycles. The number of nitrogens with zero attached hydrogens (tertiary/aromatic N) is 4. The van der Waals surface area contributed by atoms with E-state index in [0.717, 1.165) is 15.4 Å². The highest BCUT2D eigenvalue weighted by Crippen LogP contribution is 2.17. The van der Waals surface area contributed by atoms with E-state index in [-0.39, 0.29) is 5.82 Å². The first-order valence-corrected chi connectivity index (χ1v) is 6.85. The van der Waals surface area contributed by atoms with Crippen molar-refractivity contribution in [3.05, 3.63) is 37.1 Å². The number of hydrogen-bond acceptors (Lipinski definition) is 5. The fraction of sp³-hybridized carbons (Fsp3) is 0.182. The van der Waals surface area contributed by atoms with Crippen LogP contribution >= 0.6 is 0 Å². The second-order valence-electron chi connectivity index (χ2n) is 3.95. The Balaban J connectivity index is 2.21. The number of pyridine rings is 1. The van der Waals surface area contributed by atoms with Gasteiger partial charge in [0.1, 0.15) is 12.1 Å². The molecule has 7 nitrogen and oxygen atoms in total. The summed E-state index contributed by atoms with van der Waals surface area (Å²) in [5.41, 5.74) is 1.63. The lowest BCUT2D eigenvalue weighted by Crippen LogP contribution is -2.29. The van der Waals surface area contributed by atoms with Gasteiger partial charge in [-0.1, -0.05) is 0 Å². The van der Waals surface area contributed by atoms with Crippen LogP contribution in [-0.4, -0.2) is 41.8 Å². The molecule has 0 fully saturated rings. The fourth-order valence-corrected chi connectivity index (χ4v) is 1.86. The van der Waals surface area contributed by atoms with Gasteiger partial charge < -0.3 is 0 Å². The second-order valence-corrected chi connectivity index (χ2v) is 5.83. The monoisotopic (exact) mass is 279 g/mol. The maximum absolute atomic E-state index is 11.6. The fourth-order valence-electron chi connectivity index (χ4n) is 1.30. The Bertz CT molecular complexity index is 641. The van der Waals surface area contributed by atoms with Crippen LogP contribution in [0.5, 0.6) is 0 Å². The third kappa shape index (κ3) is 3.24. The summed E-state index contributed by atoms with van der Waals surface area (Å²) >= 11 is 0. The zero-order valence-corrected chi connectivity index (χ0v) is 11.3. The molecule has 0 amide bonds. The summed E-state index contributed by atoms with van der Waals surface area (Å²) in [5.74, 6) is 0.259. The summed E-state index contributed by atoms with van der Waals surface area (Å²) in [4.78, 5) is 11.9. The Hall–Kier alpha value is -2.06. The van der Waals surface area contributed by atoms with Crippen LogP contribution in [0, 0.1) is 0 Å². The zero-order chi connectivity index (χ0) is 13.9. The lowest BCUT2D eigenvalue weighted by atomic mass is 10.1. The third-order valence-electron chi connectivity index (χ3n) is 2.37. The van der Waals surface area contributed by atoms with E-state index in [4.69, 9.17) is 0 Å². The molecule has 19 heavy (non-hydrogen) atoms. The predicted molar refractivity (Wildman–Crippen MR) is 71.5 cm³/mol. The average molecular weight is 279 g/mol. The van der Waals surface area contributed by atoms with Crippen molar-refractivity contribution in [3.63, 3.8) is 0 Å². The van der Waals surface area contributed by atoms with Crippen molar-refractivity contribution in [1.29, 1.82) is 0 Å². The normalized spacial score (nSPS) is 11.5. The summed E-state index contributed by atoms with van der Waals surface area (Å²) in [5, 5.41) is 0. The van der Waals surface area contributed by atoms with E-state index in [0.29, 0.717) is 0 Å². The molecular formula is C11H13N5O2S. The molecule has 0 spiro atoms. The Morgan fingerprint density at radius 2 is 1.74 bits per heavy atom. The van der Waals surface area contributed by atoms with E-state index in [1.165, 1.54) is 20.4 Å². The van der Waals surface area contributed by atoms with Crippen LogP contribution in [0.2, 0.25) is 0 Å². The van der Waals surface area contributed by atoms with E-state index in [1.807, 2.05) is 0 Å². The quantitative estimate of drug-likeness (QED) is 0.892. The van der Waals surface area contributed by atoms with Gasteiger partial charge in [0, 0.05) is 43.8 Å². The van der Waals surface area contributed by atoms with Crippen molar-refractivity contribution in [2.24, 2.45) is 0 Å². The summed E-state index contributed by atoms with van der Waals surface area (Å²) in [6, 6.07) is 3.34. The molecule has 1 N–H and O–H groups in total. The number of rotatable bonds is 4. The lowest BCUT2D eigenvalue weighted by molar-refractivity contribution is 0.526. The molecular weight excluding hydrogens is 266 g/mol. The Kier molecular flexibility index (Phi) is 3.72. The highest BCUT2D eigenvalue weighted by atomic mass is 32.2. The van der Waals surface area contributed by atoms with E-state index in [1.54, 1.807) is 30.7 Å². The Morgan fingerprint density at radius 1 is 1.05 bits per heavy atom. The Labute approximate surface area is 111 Å². The SMILES string of the molecule is CN(C)S(=O)(=O)Nc1ccc(-c2cncnc2)cn1. The smallest absolute Gasteiger partial charge is 0.254 e. The zero-order valence-electron chi connectivity index (χ0n) is 10.5. The highest BCUT2D eigenvalue weighted by Gasteiger charge is 2.13. The first-order valence-electron chi connectivity index (χ1n) is 5.41. The molecule has 2 rings (SSSR count). The second kappa shape index (κ2) is 5.29. The third-order valence-corrected chi connectivity index (χ3v) is 3.80. The van der Waals surface area contributed by atoms with E-state index in [9.17, 15) is 8.42 Å². The maximum atomic E-state index is 11.6. The molecule has 0 aliphatic rings. The minimum atomic E-state index is -3.53. The standard InChI is InChI=1S/C11H13N5O2S/c1-16(2)19(17,18)15-11-4-3-9(7-14-11)10-5-12-8-13-6-10/h3-8H,1-2H3,(H,14,15). The summed E-state index contributed by atoms with van der Waals surface area (Å²) in [6.07, 6.45) is 6.32. The summed E-state index contributed by atoms with van der Waals surface area (Å²) < 4.78 is 26.6. The van der Waals surface area contributed by atoms with E-state index in [2.05, 4.69) is 19.7 Å². The van der Waals surface area contributed by atoms with Gasteiger partial charge in [-0.25, -0.2) is 15.0 Å². The van der Waals surface area contributed by atoms with Crippen molar-refractivity contribution in [2.75, 3.05) is 18.8 Å². The van der Waals surface area contributed by atoms with Gasteiger partial charge in [0.25, 0.3) is 0 Å². The molecule has 0 aliphatic carbocycles. The first kappa shape index (κ1) is 13.4. The summed E-state index contributed by atoms with van der Waals surface area (Å²) in [6.45, 7) is 0. The molecule has 2 aromatic heterocycles. The van der Waals surface area contributed by atoms with Crippen LogP contribution < -0.4 is 4.72 Å². The van der Waals surface area contributed by atoms with Gasteiger partial charge in [0.15, 0.2) is 0 Å². The molecule has 0 saturated carbocycles. The van der Waals surface area contributed by atoms with Gasteiger partial charge in [-0.2, -0.15) is 12.7 Å². The lowest BCUT2D eigenvalue weighted by Gasteiger charge is -2.12. The van der Waals surface area contributed by atoms with Gasteiger partial charge in [0.05, 0.1) is 0 Å². The van der Waals surface area contributed by atoms with Crippen molar-refractivity contribution in [2.45, 2.75) is 0 Å². The maximum Gasteiger partial charge on any atom is 0.302 e. The number of aromatic nitrogens is 3. The molecule has 2 aromatic rings. The highest BCUT2D eigenvalue weighted by molar-refractivity contribution is 7.90. The molecule has 2 heterocycles. The molecule has 8 heteroatoms. The largest absolute Gasteiger partial charge is 0.302 e. The minimum Gasteiger partial charge on any atom is -0.254 e. The molecule has 100 valence electrons. The van der Waals surface area contributed by atoms with Crippen molar-refractivity contribution >= 4 is 16.0 Å². The topological polar surface area (TPSA) is 88.1 Å². The van der Waals surface area contributed by atoms with Gasteiger partial charge in [-0.15, -0.1) is 0 Å². The first-order chi connectivity index (χ1) is 8.99. The van der Waals surface area contributed by atoms with Gasteiger partial charge >= 0.3 is 10.2 Å². The molecule has 0 aromatic carbocycles. The van der Waals surface area contributed by atoms with E-state index < -0.39 is 10.2 Å². The van der Waals surface area contributed by atoms with Crippen molar-refractivity contribution in [3.8, 4) is 11.1 Å². The van der Waals surface area contributed by atoms with Crippen LogP contribution in [0.3, 0.4) is 0 Å². The number of nitrogens with one attached hydrogen (secondary N) is 1. The minimum absolute atomic E-state index is 0.259. The van der Waals surface area contributed by atoms with Gasteiger partial charge in [-0.3, -0.25) is 4.72 Å². The van der Waals surface area contributed by atoms with Crippen LogP contribution in [0.1, 0.15) is 0 Å². The molecule has 0 saturated heterocycles. The molecule has 0 bridgehead atoms. The van der Waals surface area contributed by atoms with Crippen LogP contribution in [0.4, 0.5) is 5.82 Å². The summed E-state index contributed by atoms with van der Waals surface area (Å²) in [7, 11) is -0.648. The van der Waals surface area contributed by atoms with Crippen LogP contribution in [0.25, 0.3) is 11.1 Å². The van der Waals surface area contributed by atoms with Crippen LogP contribution in [0.15, 0.2) is 37.1 Å². The van der Waals surface area contributed by atoms with Gasteiger partial charge in [0.2, 0.25) is 0 Å². The predicted octanol–water partition coefficient (Wildman–Crippen LogP) is 0.757. The Morgan fingerprint density at radius 3 is 2.26 bits per heavy atom. The number of anilines is 1. The van der Waals surface area contributed by atoms with Gasteiger partial charge in [-0.05, 0) is 12.1 Å². The molecule has 0 unspecified atom stereocenters. The molecule has 0 atom stereocenters. The number of hydrogen-bond donors (Lipinski definition) is 1. The van der Waals surface area contributed by atoms with Crippen molar-refractivity contribution < 1.29 is 8.42 Å².